The van der Waals surface area contributed by atoms with Gasteiger partial charge < -0.3 is 0 Å². The summed E-state index contributed by atoms with van der Waals surface area (Å²) in [5, 5.41) is 0. The molecule has 1 aromatic rings. The van der Waals surface area contributed by atoms with E-state index in [0.717, 1.165) is 24.7 Å². The van der Waals surface area contributed by atoms with Crippen LogP contribution in [0.3, 0.4) is 0 Å². The second-order valence-electron chi connectivity index (χ2n) is 4.42. The van der Waals surface area contributed by atoms with Crippen molar-refractivity contribution in [1.82, 2.24) is 9.97 Å². The Hall–Kier alpha value is -1.25. The number of Topliss-reactive ketones (excluding diaryl/α,β-unsaturated/α-hetero) is 1. The topological polar surface area (TPSA) is 42.9 Å². The van der Waals surface area contributed by atoms with Gasteiger partial charge in [0, 0.05) is 18.3 Å². The molecule has 0 N–H and O–H groups in total. The zero-order chi connectivity index (χ0) is 9.54. The van der Waals surface area contributed by atoms with Gasteiger partial charge in [0.1, 0.15) is 6.33 Å². The lowest BCUT2D eigenvalue weighted by Gasteiger charge is -2.08. The molecule has 0 bridgehead atoms. The van der Waals surface area contributed by atoms with E-state index in [1.807, 2.05) is 0 Å². The summed E-state index contributed by atoms with van der Waals surface area (Å²) in [6.45, 7) is 0. The maximum atomic E-state index is 11.9. The summed E-state index contributed by atoms with van der Waals surface area (Å²) in [4.78, 5) is 19.7. The third-order valence-electron chi connectivity index (χ3n) is 3.46. The molecule has 2 fully saturated rings. The number of ketones is 1. The van der Waals surface area contributed by atoms with Crippen LogP contribution in [0.4, 0.5) is 0 Å². The molecule has 0 aromatic carbocycles. The van der Waals surface area contributed by atoms with Crippen molar-refractivity contribution in [2.75, 3.05) is 0 Å². The molecule has 1 heterocycles. The molecule has 2 saturated carbocycles. The van der Waals surface area contributed by atoms with Gasteiger partial charge in [-0.15, -0.1) is 0 Å². The van der Waals surface area contributed by atoms with Gasteiger partial charge in [-0.05, 0) is 31.1 Å². The summed E-state index contributed by atoms with van der Waals surface area (Å²) in [5.41, 5.74) is 0.679. The molecule has 3 nitrogen and oxygen atoms in total. The van der Waals surface area contributed by atoms with Crippen LogP contribution in [0, 0.1) is 17.8 Å². The van der Waals surface area contributed by atoms with Gasteiger partial charge in [0.15, 0.2) is 5.78 Å². The predicted octanol–water partition coefficient (Wildman–Crippen LogP) is 1.71. The molecule has 2 aliphatic carbocycles. The van der Waals surface area contributed by atoms with Crippen molar-refractivity contribution in [2.24, 2.45) is 17.8 Å². The number of fused-ring (bicyclic) bond motifs is 1. The third kappa shape index (κ3) is 1.24. The predicted molar refractivity (Wildman–Crippen MR) is 50.7 cm³/mol. The van der Waals surface area contributed by atoms with Crippen LogP contribution in [0.2, 0.25) is 0 Å². The first-order valence-electron chi connectivity index (χ1n) is 5.14. The minimum absolute atomic E-state index is 0.248. The highest BCUT2D eigenvalue weighted by Gasteiger charge is 2.47. The largest absolute Gasteiger partial charge is 0.294 e. The van der Waals surface area contributed by atoms with Gasteiger partial charge in [-0.1, -0.05) is 0 Å². The molecule has 0 radical (unpaired) electrons. The highest BCUT2D eigenvalue weighted by molar-refractivity contribution is 5.97. The Morgan fingerprint density at radius 1 is 1.14 bits per heavy atom. The minimum Gasteiger partial charge on any atom is -0.294 e. The fourth-order valence-electron chi connectivity index (χ4n) is 2.59. The SMILES string of the molecule is O=C(c1cncnc1)C1CC2CC2C1. The first-order valence-corrected chi connectivity index (χ1v) is 5.14. The molecule has 0 aliphatic heterocycles. The summed E-state index contributed by atoms with van der Waals surface area (Å²) in [6.07, 6.45) is 8.26. The lowest BCUT2D eigenvalue weighted by Crippen LogP contribution is -2.13. The summed E-state index contributed by atoms with van der Waals surface area (Å²) >= 11 is 0. The van der Waals surface area contributed by atoms with E-state index in [1.54, 1.807) is 12.4 Å². The summed E-state index contributed by atoms with van der Waals surface area (Å²) in [5.74, 6) is 2.21. The Labute approximate surface area is 82.6 Å². The van der Waals surface area contributed by atoms with Crippen molar-refractivity contribution in [3.05, 3.63) is 24.3 Å². The average Bonchev–Trinajstić information content (AvgIpc) is 2.86. The monoisotopic (exact) mass is 188 g/mol. The van der Waals surface area contributed by atoms with Crippen LogP contribution in [0.25, 0.3) is 0 Å². The number of aromatic nitrogens is 2. The van der Waals surface area contributed by atoms with E-state index in [-0.39, 0.29) is 11.7 Å². The molecule has 2 aliphatic rings. The highest BCUT2D eigenvalue weighted by Crippen LogP contribution is 2.54. The lowest BCUT2D eigenvalue weighted by atomic mass is 9.95. The van der Waals surface area contributed by atoms with E-state index >= 15 is 0 Å². The Morgan fingerprint density at radius 3 is 2.43 bits per heavy atom. The van der Waals surface area contributed by atoms with Crippen LogP contribution in [0.1, 0.15) is 29.6 Å². The molecule has 14 heavy (non-hydrogen) atoms. The van der Waals surface area contributed by atoms with Gasteiger partial charge in [0.25, 0.3) is 0 Å². The molecule has 0 spiro atoms. The van der Waals surface area contributed by atoms with Crippen molar-refractivity contribution in [1.29, 1.82) is 0 Å². The molecular formula is C11H12N2O. The Morgan fingerprint density at radius 2 is 1.79 bits per heavy atom. The van der Waals surface area contributed by atoms with Gasteiger partial charge in [0.05, 0.1) is 5.56 Å². The van der Waals surface area contributed by atoms with Crippen LogP contribution in [0.5, 0.6) is 0 Å². The molecule has 0 saturated heterocycles. The van der Waals surface area contributed by atoms with Crippen LogP contribution >= 0.6 is 0 Å². The quantitative estimate of drug-likeness (QED) is 0.663. The van der Waals surface area contributed by atoms with Crippen molar-refractivity contribution in [2.45, 2.75) is 19.3 Å². The Balaban J connectivity index is 1.77. The minimum atomic E-state index is 0.248. The standard InChI is InChI=1S/C11H12N2O/c14-11(10-4-12-6-13-5-10)9-2-7-1-8(7)3-9/h4-9H,1-3H2. The van der Waals surface area contributed by atoms with E-state index < -0.39 is 0 Å². The average molecular weight is 188 g/mol. The highest BCUT2D eigenvalue weighted by atomic mass is 16.1. The number of carbonyl (C=O) groups is 1. The van der Waals surface area contributed by atoms with Gasteiger partial charge in [-0.2, -0.15) is 0 Å². The fourth-order valence-corrected chi connectivity index (χ4v) is 2.59. The number of nitrogens with zero attached hydrogens (tertiary/aromatic N) is 2. The van der Waals surface area contributed by atoms with Crippen LogP contribution in [-0.2, 0) is 0 Å². The molecule has 3 rings (SSSR count). The van der Waals surface area contributed by atoms with E-state index in [1.165, 1.54) is 12.7 Å². The lowest BCUT2D eigenvalue weighted by molar-refractivity contribution is 0.0913. The second-order valence-corrected chi connectivity index (χ2v) is 4.42. The van der Waals surface area contributed by atoms with Crippen molar-refractivity contribution >= 4 is 5.78 Å². The maximum Gasteiger partial charge on any atom is 0.169 e. The number of carbonyl (C=O) groups excluding carboxylic acids is 1. The molecule has 1 aromatic heterocycles. The van der Waals surface area contributed by atoms with Crippen LogP contribution in [-0.4, -0.2) is 15.8 Å². The van der Waals surface area contributed by atoms with Gasteiger partial charge >= 0.3 is 0 Å². The summed E-state index contributed by atoms with van der Waals surface area (Å²) in [7, 11) is 0. The van der Waals surface area contributed by atoms with Gasteiger partial charge in [-0.25, -0.2) is 9.97 Å². The van der Waals surface area contributed by atoms with Crippen molar-refractivity contribution in [3.8, 4) is 0 Å². The van der Waals surface area contributed by atoms with E-state index in [2.05, 4.69) is 9.97 Å². The number of rotatable bonds is 2. The molecule has 0 amide bonds. The van der Waals surface area contributed by atoms with Gasteiger partial charge in [-0.3, -0.25) is 4.79 Å². The Kier molecular flexibility index (Phi) is 1.66. The molecule has 3 heteroatoms. The molecule has 72 valence electrons. The zero-order valence-electron chi connectivity index (χ0n) is 7.89. The van der Waals surface area contributed by atoms with E-state index in [9.17, 15) is 4.79 Å². The Bertz CT molecular complexity index is 353. The molecular weight excluding hydrogens is 176 g/mol. The van der Waals surface area contributed by atoms with E-state index in [0.29, 0.717) is 5.56 Å². The van der Waals surface area contributed by atoms with Crippen LogP contribution < -0.4 is 0 Å². The smallest absolute Gasteiger partial charge is 0.169 e. The number of hydrogen-bond acceptors (Lipinski definition) is 3. The van der Waals surface area contributed by atoms with Gasteiger partial charge in [0.2, 0.25) is 0 Å². The zero-order valence-corrected chi connectivity index (χ0v) is 7.89. The number of hydrogen-bond donors (Lipinski definition) is 0. The third-order valence-corrected chi connectivity index (χ3v) is 3.46. The van der Waals surface area contributed by atoms with Crippen molar-refractivity contribution < 1.29 is 4.79 Å². The molecule has 2 atom stereocenters. The first-order chi connectivity index (χ1) is 6.84. The normalized spacial score (nSPS) is 33.9. The maximum absolute atomic E-state index is 11.9. The summed E-state index contributed by atoms with van der Waals surface area (Å²) in [6, 6.07) is 0. The fraction of sp³-hybridized carbons (Fsp3) is 0.545. The summed E-state index contributed by atoms with van der Waals surface area (Å²) < 4.78 is 0. The molecule has 2 unspecified atom stereocenters. The van der Waals surface area contributed by atoms with Crippen molar-refractivity contribution in [3.63, 3.8) is 0 Å². The van der Waals surface area contributed by atoms with Crippen LogP contribution in [0.15, 0.2) is 18.7 Å². The van der Waals surface area contributed by atoms with E-state index in [4.69, 9.17) is 0 Å². The first kappa shape index (κ1) is 8.09. The second kappa shape index (κ2) is 2.87.